The smallest absolute Gasteiger partial charge is 0.257 e. The van der Waals surface area contributed by atoms with Crippen molar-refractivity contribution in [2.24, 2.45) is 4.99 Å². The third-order valence-electron chi connectivity index (χ3n) is 3.82. The van der Waals surface area contributed by atoms with Crippen molar-refractivity contribution in [3.63, 3.8) is 0 Å². The van der Waals surface area contributed by atoms with Crippen molar-refractivity contribution in [1.29, 1.82) is 0 Å². The second kappa shape index (κ2) is 9.69. The molecule has 0 atom stereocenters. The number of amidine groups is 1. The van der Waals surface area contributed by atoms with Crippen LogP contribution in [0, 0.1) is 0 Å². The van der Waals surface area contributed by atoms with Crippen LogP contribution in [0.4, 0.5) is 0 Å². The average molecular weight is 353 g/mol. The van der Waals surface area contributed by atoms with E-state index in [4.69, 9.17) is 12.2 Å². The molecule has 25 heavy (non-hydrogen) atoms. The lowest BCUT2D eigenvalue weighted by atomic mass is 10.1. The number of hydrogen-bond donors (Lipinski definition) is 1. The minimum atomic E-state index is -0.243. The first-order valence-corrected chi connectivity index (χ1v) is 8.81. The molecular weight excluding hydrogens is 330 g/mol. The summed E-state index contributed by atoms with van der Waals surface area (Å²) in [4.78, 5) is 18.9. The first-order chi connectivity index (χ1) is 12.1. The molecule has 0 radical (unpaired) electrons. The van der Waals surface area contributed by atoms with Crippen molar-refractivity contribution < 1.29 is 4.79 Å². The van der Waals surface area contributed by atoms with Crippen LogP contribution in [0.5, 0.6) is 0 Å². The van der Waals surface area contributed by atoms with Gasteiger partial charge in [-0.2, -0.15) is 0 Å². The molecule has 4 nitrogen and oxygen atoms in total. The lowest BCUT2D eigenvalue weighted by Crippen LogP contribution is -2.35. The third kappa shape index (κ3) is 5.80. The Labute approximate surface area is 154 Å². The number of carbonyl (C=O) groups is 1. The second-order valence-corrected chi connectivity index (χ2v) is 5.87. The minimum Gasteiger partial charge on any atom is -0.360 e. The number of rotatable bonds is 5. The number of likely N-dealkylation sites (N-methyl/N-ethyl adjacent to an activating group) is 1. The number of benzene rings is 2. The zero-order valence-electron chi connectivity index (χ0n) is 14.6. The number of hydrogen-bond acceptors (Lipinski definition) is 2. The number of nitrogens with one attached hydrogen (secondary N) is 1. The van der Waals surface area contributed by atoms with Crippen LogP contribution in [0.3, 0.4) is 0 Å². The Kier molecular flexibility index (Phi) is 7.29. The molecule has 2 aromatic carbocycles. The zero-order valence-corrected chi connectivity index (χ0v) is 15.4. The van der Waals surface area contributed by atoms with E-state index >= 15 is 0 Å². The molecule has 0 heterocycles. The maximum Gasteiger partial charge on any atom is 0.257 e. The maximum atomic E-state index is 12.2. The fourth-order valence-corrected chi connectivity index (χ4v) is 2.69. The van der Waals surface area contributed by atoms with Gasteiger partial charge in [-0.3, -0.25) is 10.1 Å². The minimum absolute atomic E-state index is 0.187. The SMILES string of the molecule is CCN(CC)C(Cc1ccccc1)=NC(=S)NC(=O)c1ccccc1. The monoisotopic (exact) mass is 353 g/mol. The predicted molar refractivity (Wildman–Crippen MR) is 107 cm³/mol. The van der Waals surface area contributed by atoms with Gasteiger partial charge in [-0.05, 0) is 43.8 Å². The Hall–Kier alpha value is -2.53. The quantitative estimate of drug-likeness (QED) is 0.507. The summed E-state index contributed by atoms with van der Waals surface area (Å²) in [6, 6.07) is 19.1. The largest absolute Gasteiger partial charge is 0.360 e. The standard InChI is InChI=1S/C20H23N3OS/c1-3-23(4-2)18(15-16-11-7-5-8-12-16)21-20(25)22-19(24)17-13-9-6-10-14-17/h5-14H,3-4,15H2,1-2H3,(H,22,24,25). The van der Waals surface area contributed by atoms with Crippen molar-refractivity contribution in [3.05, 3.63) is 71.8 Å². The van der Waals surface area contributed by atoms with E-state index in [1.165, 1.54) is 0 Å². The molecule has 0 saturated heterocycles. The number of amides is 1. The average Bonchev–Trinajstić information content (AvgIpc) is 2.64. The lowest BCUT2D eigenvalue weighted by Gasteiger charge is -2.23. The van der Waals surface area contributed by atoms with Gasteiger partial charge in [0, 0.05) is 25.1 Å². The van der Waals surface area contributed by atoms with Crippen LogP contribution >= 0.6 is 12.2 Å². The molecule has 2 aromatic rings. The van der Waals surface area contributed by atoms with Gasteiger partial charge < -0.3 is 4.90 Å². The van der Waals surface area contributed by atoms with Crippen molar-refractivity contribution in [1.82, 2.24) is 10.2 Å². The lowest BCUT2D eigenvalue weighted by molar-refractivity contribution is 0.0977. The maximum absolute atomic E-state index is 12.2. The Morgan fingerprint density at radius 3 is 2.12 bits per heavy atom. The Morgan fingerprint density at radius 1 is 1.00 bits per heavy atom. The van der Waals surface area contributed by atoms with Gasteiger partial charge in [0.2, 0.25) is 5.11 Å². The topological polar surface area (TPSA) is 44.7 Å². The van der Waals surface area contributed by atoms with E-state index in [-0.39, 0.29) is 11.0 Å². The van der Waals surface area contributed by atoms with E-state index in [2.05, 4.69) is 41.2 Å². The van der Waals surface area contributed by atoms with Crippen LogP contribution < -0.4 is 5.32 Å². The van der Waals surface area contributed by atoms with Crippen LogP contribution in [-0.4, -0.2) is 34.8 Å². The van der Waals surface area contributed by atoms with Crippen molar-refractivity contribution in [2.45, 2.75) is 20.3 Å². The molecule has 0 aliphatic carbocycles. The summed E-state index contributed by atoms with van der Waals surface area (Å²) in [5.74, 6) is 0.613. The van der Waals surface area contributed by atoms with Crippen LogP contribution in [0.15, 0.2) is 65.7 Å². The van der Waals surface area contributed by atoms with Gasteiger partial charge in [0.15, 0.2) is 0 Å². The normalized spacial score (nSPS) is 11.0. The first kappa shape index (κ1) is 18.8. The Morgan fingerprint density at radius 2 is 1.56 bits per heavy atom. The molecule has 130 valence electrons. The summed E-state index contributed by atoms with van der Waals surface area (Å²) in [6.45, 7) is 5.82. The summed E-state index contributed by atoms with van der Waals surface area (Å²) in [5.41, 5.74) is 1.72. The van der Waals surface area contributed by atoms with Crippen LogP contribution in [0.1, 0.15) is 29.8 Å². The molecule has 0 fully saturated rings. The van der Waals surface area contributed by atoms with Crippen molar-refractivity contribution in [3.8, 4) is 0 Å². The summed E-state index contributed by atoms with van der Waals surface area (Å²) < 4.78 is 0. The molecule has 0 bridgehead atoms. The van der Waals surface area contributed by atoms with Gasteiger partial charge in [0.1, 0.15) is 5.84 Å². The molecule has 0 unspecified atom stereocenters. The van der Waals surface area contributed by atoms with Crippen molar-refractivity contribution in [2.75, 3.05) is 13.1 Å². The first-order valence-electron chi connectivity index (χ1n) is 8.40. The molecule has 0 spiro atoms. The van der Waals surface area contributed by atoms with Gasteiger partial charge >= 0.3 is 0 Å². The summed E-state index contributed by atoms with van der Waals surface area (Å²) in [6.07, 6.45) is 0.671. The van der Waals surface area contributed by atoms with E-state index in [0.717, 1.165) is 24.5 Å². The van der Waals surface area contributed by atoms with Gasteiger partial charge in [0.05, 0.1) is 0 Å². The highest BCUT2D eigenvalue weighted by Crippen LogP contribution is 2.06. The van der Waals surface area contributed by atoms with Crippen LogP contribution in [0.25, 0.3) is 0 Å². The summed E-state index contributed by atoms with van der Waals surface area (Å²) in [7, 11) is 0. The van der Waals surface area contributed by atoms with Gasteiger partial charge in [0.25, 0.3) is 5.91 Å². The van der Waals surface area contributed by atoms with E-state index in [1.54, 1.807) is 12.1 Å². The molecule has 1 N–H and O–H groups in total. The number of carbonyl (C=O) groups excluding carboxylic acids is 1. The Balaban J connectivity index is 2.14. The number of nitrogens with zero attached hydrogens (tertiary/aromatic N) is 2. The highest BCUT2D eigenvalue weighted by Gasteiger charge is 2.12. The molecule has 0 aliphatic heterocycles. The predicted octanol–water partition coefficient (Wildman–Crippen LogP) is 3.68. The van der Waals surface area contributed by atoms with Crippen LogP contribution in [0.2, 0.25) is 0 Å². The van der Waals surface area contributed by atoms with E-state index in [9.17, 15) is 4.79 Å². The van der Waals surface area contributed by atoms with E-state index < -0.39 is 0 Å². The van der Waals surface area contributed by atoms with Crippen LogP contribution in [-0.2, 0) is 6.42 Å². The summed E-state index contributed by atoms with van der Waals surface area (Å²) in [5, 5.41) is 2.88. The van der Waals surface area contributed by atoms with E-state index in [1.807, 2.05) is 36.4 Å². The highest BCUT2D eigenvalue weighted by molar-refractivity contribution is 7.80. The third-order valence-corrected chi connectivity index (χ3v) is 4.01. The van der Waals surface area contributed by atoms with E-state index in [0.29, 0.717) is 12.0 Å². The number of aliphatic imine (C=N–C) groups is 1. The van der Waals surface area contributed by atoms with Crippen molar-refractivity contribution >= 4 is 29.1 Å². The highest BCUT2D eigenvalue weighted by atomic mass is 32.1. The molecule has 2 rings (SSSR count). The van der Waals surface area contributed by atoms with Gasteiger partial charge in [-0.1, -0.05) is 48.5 Å². The second-order valence-electron chi connectivity index (χ2n) is 5.49. The number of thiocarbonyl (C=S) groups is 1. The summed E-state index contributed by atoms with van der Waals surface area (Å²) >= 11 is 5.29. The molecule has 1 amide bonds. The molecular formula is C20H23N3OS. The molecule has 0 aromatic heterocycles. The fraction of sp³-hybridized carbons (Fsp3) is 0.250. The fourth-order valence-electron chi connectivity index (χ4n) is 2.49. The molecule has 0 saturated carbocycles. The Bertz CT molecular complexity index is 725. The van der Waals surface area contributed by atoms with Gasteiger partial charge in [-0.25, -0.2) is 4.99 Å². The van der Waals surface area contributed by atoms with Gasteiger partial charge in [-0.15, -0.1) is 0 Å². The molecule has 5 heteroatoms. The zero-order chi connectivity index (χ0) is 18.1. The molecule has 0 aliphatic rings.